The van der Waals surface area contributed by atoms with Gasteiger partial charge in [0.2, 0.25) is 0 Å². The van der Waals surface area contributed by atoms with Gasteiger partial charge in [0.25, 0.3) is 0 Å². The lowest BCUT2D eigenvalue weighted by atomic mass is 9.86. The molecule has 0 aromatic rings. The molecule has 0 amide bonds. The first-order valence-electron chi connectivity index (χ1n) is 7.69. The molecule has 100 valence electrons. The summed E-state index contributed by atoms with van der Waals surface area (Å²) in [7, 11) is 0. The molecule has 2 heterocycles. The van der Waals surface area contributed by atoms with Gasteiger partial charge in [-0.05, 0) is 82.6 Å². The quantitative estimate of drug-likeness (QED) is 0.810. The second-order valence-electron chi connectivity index (χ2n) is 6.41. The predicted molar refractivity (Wildman–Crippen MR) is 74.2 cm³/mol. The van der Waals surface area contributed by atoms with E-state index in [1.807, 2.05) is 0 Å². The summed E-state index contributed by atoms with van der Waals surface area (Å²) in [6, 6.07) is 0. The van der Waals surface area contributed by atoms with Gasteiger partial charge in [-0.15, -0.1) is 0 Å². The Morgan fingerprint density at radius 2 is 1.71 bits per heavy atom. The van der Waals surface area contributed by atoms with Crippen molar-refractivity contribution in [1.82, 2.24) is 10.2 Å². The van der Waals surface area contributed by atoms with Crippen molar-refractivity contribution >= 4 is 0 Å². The summed E-state index contributed by atoms with van der Waals surface area (Å²) in [4.78, 5) is 2.71. The van der Waals surface area contributed by atoms with Crippen molar-refractivity contribution in [1.29, 1.82) is 0 Å². The van der Waals surface area contributed by atoms with E-state index in [2.05, 4.69) is 24.1 Å². The molecule has 2 saturated heterocycles. The largest absolute Gasteiger partial charge is 0.317 e. The molecule has 2 heteroatoms. The molecular formula is C15H30N2. The summed E-state index contributed by atoms with van der Waals surface area (Å²) in [6.07, 6.45) is 7.12. The minimum Gasteiger partial charge on any atom is -0.317 e. The Kier molecular flexibility index (Phi) is 5.30. The van der Waals surface area contributed by atoms with E-state index in [4.69, 9.17) is 0 Å². The number of likely N-dealkylation sites (tertiary alicyclic amines) is 1. The van der Waals surface area contributed by atoms with Crippen LogP contribution in [0.25, 0.3) is 0 Å². The number of hydrogen-bond acceptors (Lipinski definition) is 2. The summed E-state index contributed by atoms with van der Waals surface area (Å²) in [5, 5.41) is 3.46. The number of nitrogens with one attached hydrogen (secondary N) is 1. The van der Waals surface area contributed by atoms with Crippen molar-refractivity contribution in [2.75, 3.05) is 32.7 Å². The van der Waals surface area contributed by atoms with Crippen LogP contribution in [0.4, 0.5) is 0 Å². The van der Waals surface area contributed by atoms with Crippen molar-refractivity contribution in [2.24, 2.45) is 17.8 Å². The first-order chi connectivity index (χ1) is 8.25. The summed E-state index contributed by atoms with van der Waals surface area (Å²) < 4.78 is 0. The van der Waals surface area contributed by atoms with E-state index >= 15 is 0 Å². The third-order valence-electron chi connectivity index (χ3n) is 4.89. The van der Waals surface area contributed by atoms with Gasteiger partial charge < -0.3 is 10.2 Å². The SMILES string of the molecule is CC(C)C1CCN(CCC2CCNCC2)CC1. The fourth-order valence-electron chi connectivity index (χ4n) is 3.38. The second kappa shape index (κ2) is 6.75. The van der Waals surface area contributed by atoms with E-state index in [-0.39, 0.29) is 0 Å². The summed E-state index contributed by atoms with van der Waals surface area (Å²) in [5.74, 6) is 2.88. The minimum absolute atomic E-state index is 0.890. The Labute approximate surface area is 107 Å². The molecule has 2 aliphatic heterocycles. The number of nitrogens with zero attached hydrogens (tertiary/aromatic N) is 1. The van der Waals surface area contributed by atoms with Crippen LogP contribution >= 0.6 is 0 Å². The van der Waals surface area contributed by atoms with Gasteiger partial charge in [-0.3, -0.25) is 0 Å². The molecule has 0 aliphatic carbocycles. The summed E-state index contributed by atoms with van der Waals surface area (Å²) >= 11 is 0. The molecule has 2 aliphatic rings. The van der Waals surface area contributed by atoms with Crippen LogP contribution < -0.4 is 5.32 Å². The highest BCUT2D eigenvalue weighted by Crippen LogP contribution is 2.25. The normalized spacial score (nSPS) is 25.6. The van der Waals surface area contributed by atoms with Gasteiger partial charge in [0.05, 0.1) is 0 Å². The van der Waals surface area contributed by atoms with Gasteiger partial charge in [-0.1, -0.05) is 13.8 Å². The fourth-order valence-corrected chi connectivity index (χ4v) is 3.38. The fraction of sp³-hybridized carbons (Fsp3) is 1.00. The maximum atomic E-state index is 3.46. The highest BCUT2D eigenvalue weighted by molar-refractivity contribution is 4.76. The molecule has 2 nitrogen and oxygen atoms in total. The zero-order chi connectivity index (χ0) is 12.1. The Bertz CT molecular complexity index is 201. The van der Waals surface area contributed by atoms with Crippen LogP contribution in [0.1, 0.15) is 46.0 Å². The Morgan fingerprint density at radius 1 is 1.06 bits per heavy atom. The minimum atomic E-state index is 0.890. The van der Waals surface area contributed by atoms with E-state index in [9.17, 15) is 0 Å². The zero-order valence-corrected chi connectivity index (χ0v) is 11.8. The molecule has 0 saturated carbocycles. The molecule has 0 bridgehead atoms. The average molecular weight is 238 g/mol. The lowest BCUT2D eigenvalue weighted by Crippen LogP contribution is -2.37. The van der Waals surface area contributed by atoms with Crippen LogP contribution in [-0.4, -0.2) is 37.6 Å². The Balaban J connectivity index is 1.61. The molecular weight excluding hydrogens is 208 g/mol. The molecule has 2 rings (SSSR count). The van der Waals surface area contributed by atoms with Crippen molar-refractivity contribution in [2.45, 2.75) is 46.0 Å². The molecule has 0 aromatic heterocycles. The average Bonchev–Trinajstić information content (AvgIpc) is 2.38. The summed E-state index contributed by atoms with van der Waals surface area (Å²) in [6.45, 7) is 11.3. The lowest BCUT2D eigenvalue weighted by molar-refractivity contribution is 0.146. The third-order valence-corrected chi connectivity index (χ3v) is 4.89. The van der Waals surface area contributed by atoms with Crippen LogP contribution in [0.5, 0.6) is 0 Å². The third kappa shape index (κ3) is 4.26. The lowest BCUT2D eigenvalue weighted by Gasteiger charge is -2.35. The van der Waals surface area contributed by atoms with Crippen molar-refractivity contribution < 1.29 is 0 Å². The number of piperidine rings is 2. The first kappa shape index (κ1) is 13.4. The molecule has 17 heavy (non-hydrogen) atoms. The standard InChI is InChI=1S/C15H30N2/c1-13(2)15-6-11-17(12-7-15)10-5-14-3-8-16-9-4-14/h13-16H,3-12H2,1-2H3. The zero-order valence-electron chi connectivity index (χ0n) is 11.8. The van der Waals surface area contributed by atoms with Gasteiger partial charge in [0.15, 0.2) is 0 Å². The molecule has 0 spiro atoms. The molecule has 0 aromatic carbocycles. The second-order valence-corrected chi connectivity index (χ2v) is 6.41. The molecule has 0 unspecified atom stereocenters. The van der Waals surface area contributed by atoms with E-state index in [1.165, 1.54) is 64.8 Å². The van der Waals surface area contributed by atoms with Crippen molar-refractivity contribution in [3.8, 4) is 0 Å². The van der Waals surface area contributed by atoms with E-state index < -0.39 is 0 Å². The Morgan fingerprint density at radius 3 is 2.29 bits per heavy atom. The van der Waals surface area contributed by atoms with Gasteiger partial charge in [0, 0.05) is 0 Å². The molecule has 0 atom stereocenters. The van der Waals surface area contributed by atoms with Gasteiger partial charge in [0.1, 0.15) is 0 Å². The maximum absolute atomic E-state index is 3.46. The van der Waals surface area contributed by atoms with Gasteiger partial charge >= 0.3 is 0 Å². The van der Waals surface area contributed by atoms with Crippen molar-refractivity contribution in [3.63, 3.8) is 0 Å². The van der Waals surface area contributed by atoms with E-state index in [1.54, 1.807) is 0 Å². The van der Waals surface area contributed by atoms with Crippen LogP contribution in [0, 0.1) is 17.8 Å². The van der Waals surface area contributed by atoms with E-state index in [0.29, 0.717) is 0 Å². The highest BCUT2D eigenvalue weighted by atomic mass is 15.1. The topological polar surface area (TPSA) is 15.3 Å². The first-order valence-corrected chi connectivity index (χ1v) is 7.69. The maximum Gasteiger partial charge on any atom is -0.00160 e. The van der Waals surface area contributed by atoms with Crippen LogP contribution in [0.2, 0.25) is 0 Å². The van der Waals surface area contributed by atoms with E-state index in [0.717, 1.165) is 17.8 Å². The molecule has 0 radical (unpaired) electrons. The van der Waals surface area contributed by atoms with Crippen LogP contribution in [-0.2, 0) is 0 Å². The number of hydrogen-bond donors (Lipinski definition) is 1. The van der Waals surface area contributed by atoms with Crippen LogP contribution in [0.15, 0.2) is 0 Å². The van der Waals surface area contributed by atoms with Gasteiger partial charge in [-0.25, -0.2) is 0 Å². The Hall–Kier alpha value is -0.0800. The number of rotatable bonds is 4. The van der Waals surface area contributed by atoms with Gasteiger partial charge in [-0.2, -0.15) is 0 Å². The van der Waals surface area contributed by atoms with Crippen molar-refractivity contribution in [3.05, 3.63) is 0 Å². The monoisotopic (exact) mass is 238 g/mol. The molecule has 2 fully saturated rings. The highest BCUT2D eigenvalue weighted by Gasteiger charge is 2.22. The predicted octanol–water partition coefficient (Wildman–Crippen LogP) is 2.74. The molecule has 1 N–H and O–H groups in total. The smallest absolute Gasteiger partial charge is 0.00160 e. The van der Waals surface area contributed by atoms with Crippen LogP contribution in [0.3, 0.4) is 0 Å². The summed E-state index contributed by atoms with van der Waals surface area (Å²) in [5.41, 5.74) is 0.